The quantitative estimate of drug-likeness (QED) is 0.706. The highest BCUT2D eigenvalue weighted by Crippen LogP contribution is 2.45. The van der Waals surface area contributed by atoms with Crippen LogP contribution in [0.25, 0.3) is 0 Å². The zero-order chi connectivity index (χ0) is 24.3. The Morgan fingerprint density at radius 1 is 1.24 bits per heavy atom. The summed E-state index contributed by atoms with van der Waals surface area (Å²) in [6, 6.07) is 15.0. The molecule has 0 saturated carbocycles. The SMILES string of the molecule is COC[C@@]12CN(C(=O)NCc3ccccc3)CC[C@@H]1CN(c1ccc(C#N)c(C(F)(F)F)c1)C2. The van der Waals surface area contributed by atoms with Gasteiger partial charge in [-0.05, 0) is 36.1 Å². The van der Waals surface area contributed by atoms with Crippen molar-refractivity contribution in [1.82, 2.24) is 10.2 Å². The van der Waals surface area contributed by atoms with Crippen molar-refractivity contribution in [2.75, 3.05) is 44.8 Å². The number of amides is 2. The van der Waals surface area contributed by atoms with Gasteiger partial charge < -0.3 is 19.9 Å². The topological polar surface area (TPSA) is 68.6 Å². The minimum Gasteiger partial charge on any atom is -0.384 e. The Morgan fingerprint density at radius 3 is 2.68 bits per heavy atom. The molecule has 2 amide bonds. The molecule has 0 aromatic heterocycles. The zero-order valence-corrected chi connectivity index (χ0v) is 18.9. The maximum absolute atomic E-state index is 13.5. The summed E-state index contributed by atoms with van der Waals surface area (Å²) in [5, 5.41) is 12.1. The predicted molar refractivity (Wildman–Crippen MR) is 121 cm³/mol. The Morgan fingerprint density at radius 2 is 2.00 bits per heavy atom. The van der Waals surface area contributed by atoms with E-state index < -0.39 is 11.7 Å². The first-order chi connectivity index (χ1) is 16.3. The van der Waals surface area contributed by atoms with Crippen molar-refractivity contribution in [2.45, 2.75) is 19.1 Å². The monoisotopic (exact) mass is 472 g/mol. The molecule has 2 aromatic rings. The lowest BCUT2D eigenvalue weighted by Crippen LogP contribution is -2.55. The van der Waals surface area contributed by atoms with Crippen molar-refractivity contribution in [3.63, 3.8) is 0 Å². The Balaban J connectivity index is 1.51. The van der Waals surface area contributed by atoms with E-state index in [0.717, 1.165) is 18.1 Å². The van der Waals surface area contributed by atoms with Crippen molar-refractivity contribution in [3.05, 3.63) is 65.2 Å². The van der Waals surface area contributed by atoms with Gasteiger partial charge in [0.2, 0.25) is 0 Å². The number of hydrogen-bond donors (Lipinski definition) is 1. The van der Waals surface area contributed by atoms with Gasteiger partial charge >= 0.3 is 12.2 Å². The molecule has 2 aliphatic rings. The maximum Gasteiger partial charge on any atom is 0.417 e. The Bertz CT molecular complexity index is 1070. The van der Waals surface area contributed by atoms with Crippen LogP contribution < -0.4 is 10.2 Å². The van der Waals surface area contributed by atoms with E-state index in [-0.39, 0.29) is 22.9 Å². The normalized spacial score (nSPS) is 22.3. The van der Waals surface area contributed by atoms with Crippen LogP contribution in [0.2, 0.25) is 0 Å². The molecular weight excluding hydrogens is 445 g/mol. The molecule has 34 heavy (non-hydrogen) atoms. The molecule has 2 fully saturated rings. The molecule has 2 aromatic carbocycles. The zero-order valence-electron chi connectivity index (χ0n) is 18.9. The van der Waals surface area contributed by atoms with E-state index in [0.29, 0.717) is 45.0 Å². The number of benzene rings is 2. The second-order valence-corrected chi connectivity index (χ2v) is 9.07. The number of likely N-dealkylation sites (tertiary alicyclic amines) is 1. The van der Waals surface area contributed by atoms with Gasteiger partial charge in [0.25, 0.3) is 0 Å². The van der Waals surface area contributed by atoms with Crippen molar-refractivity contribution in [1.29, 1.82) is 5.26 Å². The highest BCUT2D eigenvalue weighted by Gasteiger charge is 2.51. The van der Waals surface area contributed by atoms with Crippen LogP contribution in [0.15, 0.2) is 48.5 Å². The van der Waals surface area contributed by atoms with Crippen molar-refractivity contribution in [3.8, 4) is 6.07 Å². The molecule has 0 aliphatic carbocycles. The number of piperidine rings is 1. The van der Waals surface area contributed by atoms with Crippen LogP contribution in [-0.2, 0) is 17.5 Å². The summed E-state index contributed by atoms with van der Waals surface area (Å²) >= 11 is 0. The number of hydrogen-bond acceptors (Lipinski definition) is 4. The van der Waals surface area contributed by atoms with E-state index >= 15 is 0 Å². The summed E-state index contributed by atoms with van der Waals surface area (Å²) in [6.07, 6.45) is -3.87. The highest BCUT2D eigenvalue weighted by atomic mass is 19.4. The van der Waals surface area contributed by atoms with E-state index in [1.807, 2.05) is 35.2 Å². The first-order valence-corrected chi connectivity index (χ1v) is 11.2. The molecule has 1 N–H and O–H groups in total. The van der Waals surface area contributed by atoms with Crippen LogP contribution in [0.5, 0.6) is 0 Å². The number of nitrogens with zero attached hydrogens (tertiary/aromatic N) is 3. The molecule has 180 valence electrons. The van der Waals surface area contributed by atoms with Crippen molar-refractivity contribution < 1.29 is 22.7 Å². The predicted octanol–water partition coefficient (Wildman–Crippen LogP) is 4.26. The molecule has 6 nitrogen and oxygen atoms in total. The number of carbonyl (C=O) groups is 1. The fraction of sp³-hybridized carbons (Fsp3) is 0.440. The number of anilines is 1. The lowest BCUT2D eigenvalue weighted by Gasteiger charge is -2.43. The number of fused-ring (bicyclic) bond motifs is 1. The van der Waals surface area contributed by atoms with Crippen LogP contribution in [0.4, 0.5) is 23.7 Å². The van der Waals surface area contributed by atoms with Crippen LogP contribution >= 0.6 is 0 Å². The number of methoxy groups -OCH3 is 1. The average molecular weight is 473 g/mol. The van der Waals surface area contributed by atoms with Crippen LogP contribution in [0, 0.1) is 22.7 Å². The summed E-state index contributed by atoms with van der Waals surface area (Å²) in [7, 11) is 1.60. The van der Waals surface area contributed by atoms with E-state index in [2.05, 4.69) is 5.32 Å². The number of halogens is 3. The third kappa shape index (κ3) is 4.82. The van der Waals surface area contributed by atoms with Crippen LogP contribution in [0.1, 0.15) is 23.1 Å². The minimum absolute atomic E-state index is 0.158. The van der Waals surface area contributed by atoms with E-state index in [1.54, 1.807) is 24.1 Å². The standard InChI is InChI=1S/C25H27F3N4O2/c1-34-17-24-15-31(23(33)30-13-18-5-3-2-4-6-18)10-9-20(24)14-32(16-24)21-8-7-19(12-29)22(11-21)25(26,27)28/h2-8,11,20H,9-10,13-17H2,1H3,(H,30,33)/t20-,24+/m1/s1. The molecule has 0 bridgehead atoms. The Kier molecular flexibility index (Phi) is 6.71. The van der Waals surface area contributed by atoms with Crippen molar-refractivity contribution >= 4 is 11.7 Å². The summed E-state index contributed by atoms with van der Waals surface area (Å²) in [5.41, 5.74) is -0.267. The molecule has 4 rings (SSSR count). The van der Waals surface area contributed by atoms with Crippen LogP contribution in [0.3, 0.4) is 0 Å². The van der Waals surface area contributed by atoms with Crippen LogP contribution in [-0.4, -0.2) is 50.8 Å². The number of carbonyl (C=O) groups excluding carboxylic acids is 1. The largest absolute Gasteiger partial charge is 0.417 e. The van der Waals surface area contributed by atoms with Gasteiger partial charge in [-0.15, -0.1) is 0 Å². The summed E-state index contributed by atoms with van der Waals surface area (Å²) in [5.74, 6) is 0.176. The average Bonchev–Trinajstić information content (AvgIpc) is 3.21. The fourth-order valence-electron chi connectivity index (χ4n) is 5.19. The smallest absolute Gasteiger partial charge is 0.384 e. The highest BCUT2D eigenvalue weighted by molar-refractivity contribution is 5.74. The first-order valence-electron chi connectivity index (χ1n) is 11.2. The first kappa shape index (κ1) is 23.9. The fourth-order valence-corrected chi connectivity index (χ4v) is 5.19. The lowest BCUT2D eigenvalue weighted by molar-refractivity contribution is -0.137. The number of urea groups is 1. The van der Waals surface area contributed by atoms with Gasteiger partial charge in [-0.3, -0.25) is 0 Å². The van der Waals surface area contributed by atoms with Crippen molar-refractivity contribution in [2.24, 2.45) is 11.3 Å². The molecule has 2 saturated heterocycles. The number of nitrogens with one attached hydrogen (secondary N) is 1. The third-order valence-corrected chi connectivity index (χ3v) is 6.87. The second-order valence-electron chi connectivity index (χ2n) is 9.07. The number of nitriles is 1. The molecule has 0 radical (unpaired) electrons. The maximum atomic E-state index is 13.5. The van der Waals surface area contributed by atoms with E-state index in [1.165, 1.54) is 6.07 Å². The van der Waals surface area contributed by atoms with E-state index in [9.17, 15) is 18.0 Å². The Hall–Kier alpha value is -3.25. The Labute approximate surface area is 196 Å². The van der Waals surface area contributed by atoms with E-state index in [4.69, 9.17) is 10.00 Å². The molecule has 2 atom stereocenters. The molecular formula is C25H27F3N4O2. The van der Waals surface area contributed by atoms with Gasteiger partial charge in [-0.1, -0.05) is 30.3 Å². The molecule has 2 aliphatic heterocycles. The molecule has 0 unspecified atom stereocenters. The summed E-state index contributed by atoms with van der Waals surface area (Å²) in [4.78, 5) is 16.6. The van der Waals surface area contributed by atoms with Gasteiger partial charge in [0, 0.05) is 50.9 Å². The van der Waals surface area contributed by atoms with Gasteiger partial charge in [0.15, 0.2) is 0 Å². The molecule has 9 heteroatoms. The third-order valence-electron chi connectivity index (χ3n) is 6.87. The molecule has 2 heterocycles. The van der Waals surface area contributed by atoms with Gasteiger partial charge in [-0.2, -0.15) is 18.4 Å². The minimum atomic E-state index is -4.61. The number of ether oxygens (including phenoxy) is 1. The van der Waals surface area contributed by atoms with Gasteiger partial charge in [0.1, 0.15) is 0 Å². The van der Waals surface area contributed by atoms with Gasteiger partial charge in [0.05, 0.1) is 23.8 Å². The summed E-state index contributed by atoms with van der Waals surface area (Å²) in [6.45, 7) is 2.91. The molecule has 0 spiro atoms. The second kappa shape index (κ2) is 9.55. The lowest BCUT2D eigenvalue weighted by atomic mass is 9.74. The van der Waals surface area contributed by atoms with Gasteiger partial charge in [-0.25, -0.2) is 4.79 Å². The summed E-state index contributed by atoms with van der Waals surface area (Å²) < 4.78 is 46.0. The number of rotatable bonds is 5. The number of alkyl halides is 3.